The predicted molar refractivity (Wildman–Crippen MR) is 88.1 cm³/mol. The number of benzene rings is 2. The Bertz CT molecular complexity index is 612. The Labute approximate surface area is 131 Å². The van der Waals surface area contributed by atoms with E-state index in [1.165, 1.54) is 12.5 Å². The minimum Gasteiger partial charge on any atom is -0.479 e. The molecule has 0 bridgehead atoms. The Kier molecular flexibility index (Phi) is 5.21. The van der Waals surface area contributed by atoms with Gasteiger partial charge in [-0.05, 0) is 48.1 Å². The van der Waals surface area contributed by atoms with E-state index in [0.29, 0.717) is 11.7 Å². The summed E-state index contributed by atoms with van der Waals surface area (Å²) in [6.45, 7) is 5.94. The molecule has 0 amide bonds. The number of ether oxygens (including phenoxy) is 1. The van der Waals surface area contributed by atoms with Crippen molar-refractivity contribution in [2.24, 2.45) is 5.92 Å². The summed E-state index contributed by atoms with van der Waals surface area (Å²) in [4.78, 5) is 10.8. The summed E-state index contributed by atoms with van der Waals surface area (Å²) in [5.41, 5.74) is 3.57. The highest BCUT2D eigenvalue weighted by Gasteiger charge is 2.12. The molecule has 3 heteroatoms. The maximum Gasteiger partial charge on any atom is 0.344 e. The molecule has 116 valence electrons. The SMILES string of the molecule is CC(C)Cc1ccc(-c2ccc(O[C@H](C)C(=O)O)cc2)cc1. The van der Waals surface area contributed by atoms with Crippen LogP contribution in [0.4, 0.5) is 0 Å². The van der Waals surface area contributed by atoms with Crippen LogP contribution in [0.1, 0.15) is 26.3 Å². The highest BCUT2D eigenvalue weighted by atomic mass is 16.5. The first-order valence-electron chi connectivity index (χ1n) is 7.54. The lowest BCUT2D eigenvalue weighted by atomic mass is 9.99. The third kappa shape index (κ3) is 4.35. The number of carboxylic acid groups (broad SMARTS) is 1. The number of carbonyl (C=O) groups is 1. The summed E-state index contributed by atoms with van der Waals surface area (Å²) in [5, 5.41) is 8.84. The van der Waals surface area contributed by atoms with E-state index in [4.69, 9.17) is 9.84 Å². The Hall–Kier alpha value is -2.29. The van der Waals surface area contributed by atoms with E-state index in [1.54, 1.807) is 12.1 Å². The van der Waals surface area contributed by atoms with Crippen molar-refractivity contribution in [1.29, 1.82) is 0 Å². The molecule has 0 saturated heterocycles. The molecule has 0 aromatic heterocycles. The number of hydrogen-bond acceptors (Lipinski definition) is 2. The molecule has 2 aromatic carbocycles. The van der Waals surface area contributed by atoms with E-state index in [-0.39, 0.29) is 0 Å². The molecule has 0 heterocycles. The van der Waals surface area contributed by atoms with Gasteiger partial charge in [0, 0.05) is 0 Å². The summed E-state index contributed by atoms with van der Waals surface area (Å²) < 4.78 is 5.33. The van der Waals surface area contributed by atoms with E-state index in [1.807, 2.05) is 12.1 Å². The van der Waals surface area contributed by atoms with Crippen LogP contribution >= 0.6 is 0 Å². The zero-order valence-electron chi connectivity index (χ0n) is 13.2. The van der Waals surface area contributed by atoms with Crippen LogP contribution in [0, 0.1) is 5.92 Å². The van der Waals surface area contributed by atoms with Crippen molar-refractivity contribution in [1.82, 2.24) is 0 Å². The van der Waals surface area contributed by atoms with E-state index in [9.17, 15) is 4.79 Å². The Morgan fingerprint density at radius 3 is 1.91 bits per heavy atom. The summed E-state index contributed by atoms with van der Waals surface area (Å²) in [7, 11) is 0. The van der Waals surface area contributed by atoms with E-state index in [2.05, 4.69) is 38.1 Å². The fraction of sp³-hybridized carbons (Fsp3) is 0.316. The third-order valence-corrected chi connectivity index (χ3v) is 3.45. The molecular weight excluding hydrogens is 276 g/mol. The average Bonchev–Trinajstić information content (AvgIpc) is 2.48. The minimum atomic E-state index is -0.968. The van der Waals surface area contributed by atoms with Gasteiger partial charge in [-0.25, -0.2) is 4.79 Å². The lowest BCUT2D eigenvalue weighted by Gasteiger charge is -2.11. The molecular formula is C19H22O3. The summed E-state index contributed by atoms with van der Waals surface area (Å²) in [5.74, 6) is 0.249. The molecule has 2 aromatic rings. The van der Waals surface area contributed by atoms with Crippen molar-refractivity contribution in [3.63, 3.8) is 0 Å². The van der Waals surface area contributed by atoms with Gasteiger partial charge in [0.05, 0.1) is 0 Å². The van der Waals surface area contributed by atoms with E-state index in [0.717, 1.165) is 17.5 Å². The molecule has 0 aliphatic carbocycles. The highest BCUT2D eigenvalue weighted by molar-refractivity contribution is 5.72. The highest BCUT2D eigenvalue weighted by Crippen LogP contribution is 2.24. The Morgan fingerprint density at radius 1 is 0.955 bits per heavy atom. The first kappa shape index (κ1) is 16.1. The molecule has 22 heavy (non-hydrogen) atoms. The van der Waals surface area contributed by atoms with Crippen LogP contribution in [0.5, 0.6) is 5.75 Å². The molecule has 0 saturated carbocycles. The Morgan fingerprint density at radius 2 is 1.45 bits per heavy atom. The summed E-state index contributed by atoms with van der Waals surface area (Å²) in [6.07, 6.45) is 0.237. The van der Waals surface area contributed by atoms with Crippen LogP contribution in [0.3, 0.4) is 0 Å². The van der Waals surface area contributed by atoms with Gasteiger partial charge in [-0.15, -0.1) is 0 Å². The van der Waals surface area contributed by atoms with Gasteiger partial charge >= 0.3 is 5.97 Å². The Balaban J connectivity index is 2.08. The molecule has 0 fully saturated rings. The van der Waals surface area contributed by atoms with Gasteiger partial charge < -0.3 is 9.84 Å². The molecule has 1 N–H and O–H groups in total. The molecule has 1 atom stereocenters. The summed E-state index contributed by atoms with van der Waals surface area (Å²) >= 11 is 0. The van der Waals surface area contributed by atoms with Crippen LogP contribution < -0.4 is 4.74 Å². The molecule has 0 radical (unpaired) electrons. The van der Waals surface area contributed by atoms with Gasteiger partial charge in [0.25, 0.3) is 0 Å². The number of rotatable bonds is 6. The van der Waals surface area contributed by atoms with Crippen molar-refractivity contribution in [2.45, 2.75) is 33.3 Å². The normalized spacial score (nSPS) is 12.2. The second kappa shape index (κ2) is 7.12. The van der Waals surface area contributed by atoms with Crippen molar-refractivity contribution < 1.29 is 14.6 Å². The van der Waals surface area contributed by atoms with Crippen molar-refractivity contribution in [3.05, 3.63) is 54.1 Å². The molecule has 0 aliphatic rings. The van der Waals surface area contributed by atoms with Crippen LogP contribution in [0.15, 0.2) is 48.5 Å². The standard InChI is InChI=1S/C19H22O3/c1-13(2)12-15-4-6-16(7-5-15)17-8-10-18(11-9-17)22-14(3)19(20)21/h4-11,13-14H,12H2,1-3H3,(H,20,21)/t14-/m1/s1. The topological polar surface area (TPSA) is 46.5 Å². The van der Waals surface area contributed by atoms with Crippen LogP contribution in [-0.4, -0.2) is 17.2 Å². The molecule has 2 rings (SSSR count). The molecule has 0 aliphatic heterocycles. The monoisotopic (exact) mass is 298 g/mol. The molecule has 0 unspecified atom stereocenters. The second-order valence-electron chi connectivity index (χ2n) is 5.92. The van der Waals surface area contributed by atoms with Crippen LogP contribution in [0.2, 0.25) is 0 Å². The largest absolute Gasteiger partial charge is 0.479 e. The average molecular weight is 298 g/mol. The van der Waals surface area contributed by atoms with E-state index < -0.39 is 12.1 Å². The zero-order chi connectivity index (χ0) is 16.1. The summed E-state index contributed by atoms with van der Waals surface area (Å²) in [6, 6.07) is 16.1. The fourth-order valence-electron chi connectivity index (χ4n) is 2.29. The maximum absolute atomic E-state index is 10.8. The third-order valence-electron chi connectivity index (χ3n) is 3.45. The molecule has 0 spiro atoms. The maximum atomic E-state index is 10.8. The van der Waals surface area contributed by atoms with Crippen LogP contribution in [0.25, 0.3) is 11.1 Å². The fourth-order valence-corrected chi connectivity index (χ4v) is 2.29. The first-order valence-corrected chi connectivity index (χ1v) is 7.54. The predicted octanol–water partition coefficient (Wildman–Crippen LogP) is 4.40. The van der Waals surface area contributed by atoms with Crippen LogP contribution in [-0.2, 0) is 11.2 Å². The van der Waals surface area contributed by atoms with Gasteiger partial charge in [-0.3, -0.25) is 0 Å². The molecule has 3 nitrogen and oxygen atoms in total. The van der Waals surface area contributed by atoms with Gasteiger partial charge in [0.1, 0.15) is 5.75 Å². The smallest absolute Gasteiger partial charge is 0.344 e. The van der Waals surface area contributed by atoms with E-state index >= 15 is 0 Å². The zero-order valence-corrected chi connectivity index (χ0v) is 13.2. The number of aliphatic carboxylic acids is 1. The number of carboxylic acids is 1. The van der Waals surface area contributed by atoms with Gasteiger partial charge in [0.15, 0.2) is 6.10 Å². The van der Waals surface area contributed by atoms with Gasteiger partial charge in [0.2, 0.25) is 0 Å². The minimum absolute atomic E-state index is 0.565. The lowest BCUT2D eigenvalue weighted by molar-refractivity contribution is -0.144. The van der Waals surface area contributed by atoms with Crippen molar-refractivity contribution in [2.75, 3.05) is 0 Å². The first-order chi connectivity index (χ1) is 10.5. The lowest BCUT2D eigenvalue weighted by Crippen LogP contribution is -2.22. The second-order valence-corrected chi connectivity index (χ2v) is 5.92. The number of hydrogen-bond donors (Lipinski definition) is 1. The van der Waals surface area contributed by atoms with Gasteiger partial charge in [-0.1, -0.05) is 50.2 Å². The van der Waals surface area contributed by atoms with Crippen molar-refractivity contribution >= 4 is 5.97 Å². The van der Waals surface area contributed by atoms with Crippen molar-refractivity contribution in [3.8, 4) is 16.9 Å². The quantitative estimate of drug-likeness (QED) is 0.859. The van der Waals surface area contributed by atoms with Gasteiger partial charge in [-0.2, -0.15) is 0 Å².